The van der Waals surface area contributed by atoms with E-state index < -0.39 is 23.3 Å². The lowest BCUT2D eigenvalue weighted by Gasteiger charge is -2.10. The second-order valence-electron chi connectivity index (χ2n) is 3.74. The standard InChI is InChI=1S/C11H10O4/c12-9(13)8-6-11(8,10(14)15)7-4-2-1-3-5-7/h1-5,8H,6H2,(H,12,13)(H,14,15)/t8?,11-/m0/s1. The fraction of sp³-hybridized carbons (Fsp3) is 0.273. The number of hydrogen-bond donors (Lipinski definition) is 2. The van der Waals surface area contributed by atoms with Crippen LogP contribution in [-0.4, -0.2) is 22.2 Å². The van der Waals surface area contributed by atoms with Crippen LogP contribution >= 0.6 is 0 Å². The molecule has 0 aliphatic heterocycles. The Labute approximate surface area is 86.2 Å². The highest BCUT2D eigenvalue weighted by atomic mass is 16.4. The van der Waals surface area contributed by atoms with Crippen LogP contribution in [-0.2, 0) is 15.0 Å². The molecular formula is C11H10O4. The zero-order chi connectivity index (χ0) is 11.1. The molecule has 15 heavy (non-hydrogen) atoms. The van der Waals surface area contributed by atoms with Crippen LogP contribution in [0.2, 0.25) is 0 Å². The molecule has 4 nitrogen and oxygen atoms in total. The molecule has 78 valence electrons. The van der Waals surface area contributed by atoms with E-state index in [2.05, 4.69) is 0 Å². The van der Waals surface area contributed by atoms with Crippen molar-refractivity contribution >= 4 is 11.9 Å². The van der Waals surface area contributed by atoms with Gasteiger partial charge < -0.3 is 10.2 Å². The summed E-state index contributed by atoms with van der Waals surface area (Å²) in [6.07, 6.45) is 0.182. The monoisotopic (exact) mass is 206 g/mol. The van der Waals surface area contributed by atoms with E-state index in [4.69, 9.17) is 10.2 Å². The smallest absolute Gasteiger partial charge is 0.315 e. The van der Waals surface area contributed by atoms with Crippen molar-refractivity contribution in [1.29, 1.82) is 0 Å². The summed E-state index contributed by atoms with van der Waals surface area (Å²) in [5.41, 5.74) is -0.627. The van der Waals surface area contributed by atoms with E-state index in [9.17, 15) is 9.59 Å². The molecular weight excluding hydrogens is 196 g/mol. The topological polar surface area (TPSA) is 74.6 Å². The van der Waals surface area contributed by atoms with Gasteiger partial charge in [0, 0.05) is 0 Å². The van der Waals surface area contributed by atoms with Gasteiger partial charge in [0.2, 0.25) is 0 Å². The Morgan fingerprint density at radius 2 is 1.80 bits per heavy atom. The second kappa shape index (κ2) is 3.08. The first kappa shape index (κ1) is 9.71. The van der Waals surface area contributed by atoms with E-state index in [1.807, 2.05) is 0 Å². The van der Waals surface area contributed by atoms with Gasteiger partial charge in [0.25, 0.3) is 0 Å². The molecule has 1 aromatic carbocycles. The molecule has 0 aromatic heterocycles. The first-order valence-electron chi connectivity index (χ1n) is 4.61. The maximum Gasteiger partial charge on any atom is 0.315 e. The highest BCUT2D eigenvalue weighted by Crippen LogP contribution is 2.54. The van der Waals surface area contributed by atoms with Crippen molar-refractivity contribution in [3.63, 3.8) is 0 Å². The largest absolute Gasteiger partial charge is 0.481 e. The van der Waals surface area contributed by atoms with Crippen LogP contribution in [0.3, 0.4) is 0 Å². The maximum atomic E-state index is 11.1. The molecule has 0 spiro atoms. The van der Waals surface area contributed by atoms with Crippen molar-refractivity contribution in [3.05, 3.63) is 35.9 Å². The molecule has 1 fully saturated rings. The lowest BCUT2D eigenvalue weighted by molar-refractivity contribution is -0.145. The van der Waals surface area contributed by atoms with Crippen molar-refractivity contribution in [3.8, 4) is 0 Å². The van der Waals surface area contributed by atoms with Gasteiger partial charge in [0.15, 0.2) is 0 Å². The zero-order valence-corrected chi connectivity index (χ0v) is 7.88. The molecule has 1 aliphatic rings. The van der Waals surface area contributed by atoms with Gasteiger partial charge in [0.1, 0.15) is 5.41 Å². The van der Waals surface area contributed by atoms with Crippen LogP contribution in [0.5, 0.6) is 0 Å². The Morgan fingerprint density at radius 1 is 1.20 bits per heavy atom. The van der Waals surface area contributed by atoms with Crippen LogP contribution in [0.25, 0.3) is 0 Å². The normalized spacial score (nSPS) is 28.4. The number of hydrogen-bond acceptors (Lipinski definition) is 2. The molecule has 1 aliphatic carbocycles. The van der Waals surface area contributed by atoms with Crippen LogP contribution in [0.1, 0.15) is 12.0 Å². The average Bonchev–Trinajstić information content (AvgIpc) is 2.95. The molecule has 0 bridgehead atoms. The molecule has 2 atom stereocenters. The number of aliphatic carboxylic acids is 2. The lowest BCUT2D eigenvalue weighted by Crippen LogP contribution is -2.25. The molecule has 4 heteroatoms. The fourth-order valence-electron chi connectivity index (χ4n) is 1.98. The van der Waals surface area contributed by atoms with Crippen molar-refractivity contribution in [2.45, 2.75) is 11.8 Å². The number of rotatable bonds is 3. The lowest BCUT2D eigenvalue weighted by atomic mass is 9.93. The SMILES string of the molecule is O=C(O)C1C[C@]1(C(=O)O)c1ccccc1. The first-order valence-corrected chi connectivity index (χ1v) is 4.61. The number of carboxylic acids is 2. The van der Waals surface area contributed by atoms with Crippen molar-refractivity contribution in [1.82, 2.24) is 0 Å². The molecule has 1 unspecified atom stereocenters. The van der Waals surface area contributed by atoms with Crippen molar-refractivity contribution in [2.75, 3.05) is 0 Å². The van der Waals surface area contributed by atoms with Gasteiger partial charge in [-0.3, -0.25) is 9.59 Å². The molecule has 2 N–H and O–H groups in total. The van der Waals surface area contributed by atoms with Gasteiger partial charge in [-0.05, 0) is 12.0 Å². The summed E-state index contributed by atoms with van der Waals surface area (Å²) in [6.45, 7) is 0. The zero-order valence-electron chi connectivity index (χ0n) is 7.88. The van der Waals surface area contributed by atoms with Gasteiger partial charge >= 0.3 is 11.9 Å². The average molecular weight is 206 g/mol. The summed E-state index contributed by atoms with van der Waals surface area (Å²) < 4.78 is 0. The van der Waals surface area contributed by atoms with E-state index in [1.54, 1.807) is 30.3 Å². The Balaban J connectivity index is 2.40. The van der Waals surface area contributed by atoms with Gasteiger partial charge in [-0.15, -0.1) is 0 Å². The Kier molecular flexibility index (Phi) is 2.00. The van der Waals surface area contributed by atoms with E-state index in [0.29, 0.717) is 5.56 Å². The minimum atomic E-state index is -1.20. The Morgan fingerprint density at radius 3 is 2.20 bits per heavy atom. The quantitative estimate of drug-likeness (QED) is 0.776. The molecule has 1 saturated carbocycles. The van der Waals surface area contributed by atoms with E-state index in [-0.39, 0.29) is 6.42 Å². The summed E-state index contributed by atoms with van der Waals surface area (Å²) in [5, 5.41) is 17.9. The predicted octanol–water partition coefficient (Wildman–Crippen LogP) is 1.11. The summed E-state index contributed by atoms with van der Waals surface area (Å²) in [5.74, 6) is -2.89. The van der Waals surface area contributed by atoms with E-state index in [0.717, 1.165) is 0 Å². The van der Waals surface area contributed by atoms with Gasteiger partial charge in [0.05, 0.1) is 5.92 Å². The molecule has 2 rings (SSSR count). The first-order chi connectivity index (χ1) is 7.09. The highest BCUT2D eigenvalue weighted by Gasteiger charge is 2.65. The number of benzene rings is 1. The summed E-state index contributed by atoms with van der Waals surface area (Å²) in [7, 11) is 0. The molecule has 0 heterocycles. The summed E-state index contributed by atoms with van der Waals surface area (Å²) >= 11 is 0. The third-order valence-corrected chi connectivity index (χ3v) is 2.93. The minimum absolute atomic E-state index is 0.182. The number of carboxylic acid groups (broad SMARTS) is 2. The Bertz CT molecular complexity index is 412. The Hall–Kier alpha value is -1.84. The third-order valence-electron chi connectivity index (χ3n) is 2.93. The van der Waals surface area contributed by atoms with Crippen LogP contribution in [0.15, 0.2) is 30.3 Å². The molecule has 0 radical (unpaired) electrons. The van der Waals surface area contributed by atoms with Crippen LogP contribution in [0.4, 0.5) is 0 Å². The van der Waals surface area contributed by atoms with Gasteiger partial charge in [-0.2, -0.15) is 0 Å². The molecule has 1 aromatic rings. The van der Waals surface area contributed by atoms with E-state index in [1.165, 1.54) is 0 Å². The second-order valence-corrected chi connectivity index (χ2v) is 3.74. The highest BCUT2D eigenvalue weighted by molar-refractivity contribution is 5.94. The fourth-order valence-corrected chi connectivity index (χ4v) is 1.98. The molecule has 0 saturated heterocycles. The van der Waals surface area contributed by atoms with Gasteiger partial charge in [-0.1, -0.05) is 30.3 Å². The summed E-state index contributed by atoms with van der Waals surface area (Å²) in [6, 6.07) is 8.54. The summed E-state index contributed by atoms with van der Waals surface area (Å²) in [4.78, 5) is 21.9. The van der Waals surface area contributed by atoms with Crippen molar-refractivity contribution in [2.24, 2.45) is 5.92 Å². The number of carbonyl (C=O) groups is 2. The molecule has 0 amide bonds. The van der Waals surface area contributed by atoms with Crippen LogP contribution < -0.4 is 0 Å². The predicted molar refractivity (Wildman–Crippen MR) is 51.5 cm³/mol. The van der Waals surface area contributed by atoms with E-state index >= 15 is 0 Å². The van der Waals surface area contributed by atoms with Crippen LogP contribution in [0, 0.1) is 5.92 Å². The van der Waals surface area contributed by atoms with Crippen molar-refractivity contribution < 1.29 is 19.8 Å². The third kappa shape index (κ3) is 1.29. The maximum absolute atomic E-state index is 11.1. The van der Waals surface area contributed by atoms with Gasteiger partial charge in [-0.25, -0.2) is 0 Å². The minimum Gasteiger partial charge on any atom is -0.481 e.